The zero-order valence-corrected chi connectivity index (χ0v) is 17.3. The Hall–Kier alpha value is -4.15. The molecule has 0 fully saturated rings. The largest absolute Gasteiger partial charge is 0.488 e. The number of nitrogens with one attached hydrogen (secondary N) is 1. The van der Waals surface area contributed by atoms with E-state index in [2.05, 4.69) is 5.32 Å². The number of halogens is 2. The summed E-state index contributed by atoms with van der Waals surface area (Å²) < 4.78 is 19.7. The average molecular weight is 451 g/mol. The van der Waals surface area contributed by atoms with Gasteiger partial charge in [-0.2, -0.15) is 5.26 Å². The minimum absolute atomic E-state index is 0.0601. The van der Waals surface area contributed by atoms with Crippen LogP contribution in [0.25, 0.3) is 6.08 Å². The molecule has 32 heavy (non-hydrogen) atoms. The van der Waals surface area contributed by atoms with Crippen molar-refractivity contribution in [3.05, 3.63) is 99.8 Å². The monoisotopic (exact) mass is 450 g/mol. The molecule has 3 aromatic rings. The van der Waals surface area contributed by atoms with E-state index < -0.39 is 17.7 Å². The summed E-state index contributed by atoms with van der Waals surface area (Å²) in [5.74, 6) is -2.21. The van der Waals surface area contributed by atoms with Gasteiger partial charge in [0.05, 0.1) is 16.3 Å². The fourth-order valence-corrected chi connectivity index (χ4v) is 3.04. The van der Waals surface area contributed by atoms with Crippen LogP contribution in [0, 0.1) is 17.1 Å². The van der Waals surface area contributed by atoms with E-state index >= 15 is 0 Å². The maximum Gasteiger partial charge on any atom is 0.337 e. The normalized spacial score (nSPS) is 10.8. The van der Waals surface area contributed by atoms with Crippen molar-refractivity contribution in [2.45, 2.75) is 6.61 Å². The SMILES string of the molecule is N#CC(=Cc1ccccc1OCc1c(F)cccc1Cl)C(=O)Nc1ccccc1C(=O)O. The molecule has 2 N–H and O–H groups in total. The summed E-state index contributed by atoms with van der Waals surface area (Å²) in [7, 11) is 0. The molecule has 0 bridgehead atoms. The lowest BCUT2D eigenvalue weighted by Crippen LogP contribution is -2.16. The van der Waals surface area contributed by atoms with Gasteiger partial charge in [0, 0.05) is 11.1 Å². The number of amides is 1. The third-order valence-corrected chi connectivity index (χ3v) is 4.78. The van der Waals surface area contributed by atoms with E-state index in [0.29, 0.717) is 11.3 Å². The number of rotatable bonds is 7. The quantitative estimate of drug-likeness (QED) is 0.375. The molecule has 8 heteroatoms. The number of benzene rings is 3. The molecule has 0 aliphatic heterocycles. The molecule has 0 heterocycles. The number of ether oxygens (including phenoxy) is 1. The molecule has 0 unspecified atom stereocenters. The van der Waals surface area contributed by atoms with Crippen LogP contribution >= 0.6 is 11.6 Å². The third-order valence-electron chi connectivity index (χ3n) is 4.42. The summed E-state index contributed by atoms with van der Waals surface area (Å²) in [5, 5.41) is 21.4. The highest BCUT2D eigenvalue weighted by Crippen LogP contribution is 2.26. The van der Waals surface area contributed by atoms with Gasteiger partial charge in [-0.05, 0) is 36.4 Å². The number of para-hydroxylation sites is 2. The van der Waals surface area contributed by atoms with Crippen molar-refractivity contribution in [3.63, 3.8) is 0 Å². The van der Waals surface area contributed by atoms with Crippen molar-refractivity contribution in [2.75, 3.05) is 5.32 Å². The Morgan fingerprint density at radius 3 is 2.53 bits per heavy atom. The van der Waals surface area contributed by atoms with Crippen LogP contribution in [-0.4, -0.2) is 17.0 Å². The number of hydrogen-bond acceptors (Lipinski definition) is 4. The second kappa shape index (κ2) is 10.2. The van der Waals surface area contributed by atoms with Crippen LogP contribution in [0.15, 0.2) is 72.3 Å². The lowest BCUT2D eigenvalue weighted by atomic mass is 10.1. The molecule has 3 rings (SSSR count). The van der Waals surface area contributed by atoms with E-state index in [1.807, 2.05) is 0 Å². The Morgan fingerprint density at radius 1 is 1.09 bits per heavy atom. The molecule has 1 amide bonds. The number of hydrogen-bond donors (Lipinski definition) is 2. The molecule has 0 aromatic heterocycles. The van der Waals surface area contributed by atoms with Crippen molar-refractivity contribution in [2.24, 2.45) is 0 Å². The Balaban J connectivity index is 1.85. The number of carboxylic acid groups (broad SMARTS) is 1. The van der Waals surface area contributed by atoms with Crippen molar-refractivity contribution in [1.29, 1.82) is 5.26 Å². The van der Waals surface area contributed by atoms with Gasteiger partial charge in [0.2, 0.25) is 0 Å². The molecule has 3 aromatic carbocycles. The molecule has 0 aliphatic carbocycles. The number of aromatic carboxylic acids is 1. The van der Waals surface area contributed by atoms with Crippen LogP contribution in [0.5, 0.6) is 5.75 Å². The van der Waals surface area contributed by atoms with Crippen LogP contribution in [0.4, 0.5) is 10.1 Å². The van der Waals surface area contributed by atoms with Gasteiger partial charge in [0.25, 0.3) is 5.91 Å². The van der Waals surface area contributed by atoms with Crippen molar-refractivity contribution >= 4 is 35.2 Å². The molecular formula is C24H16ClFN2O4. The predicted octanol–water partition coefficient (Wildman–Crippen LogP) is 5.30. The maximum absolute atomic E-state index is 14.0. The van der Waals surface area contributed by atoms with Gasteiger partial charge in [0.15, 0.2) is 0 Å². The number of carbonyl (C=O) groups excluding carboxylic acids is 1. The molecule has 0 radical (unpaired) electrons. The Labute approximate surface area is 188 Å². The van der Waals surface area contributed by atoms with Crippen LogP contribution in [0.2, 0.25) is 5.02 Å². The molecule has 0 atom stereocenters. The summed E-state index contributed by atoms with van der Waals surface area (Å²) in [6.07, 6.45) is 1.30. The second-order valence-corrected chi connectivity index (χ2v) is 6.91. The van der Waals surface area contributed by atoms with Gasteiger partial charge >= 0.3 is 5.97 Å². The zero-order valence-electron chi connectivity index (χ0n) is 16.5. The van der Waals surface area contributed by atoms with E-state index in [4.69, 9.17) is 16.3 Å². The van der Waals surface area contributed by atoms with Gasteiger partial charge in [0.1, 0.15) is 29.8 Å². The van der Waals surface area contributed by atoms with Gasteiger partial charge in [-0.1, -0.05) is 48.0 Å². The lowest BCUT2D eigenvalue weighted by Gasteiger charge is -2.12. The highest BCUT2D eigenvalue weighted by molar-refractivity contribution is 6.31. The highest BCUT2D eigenvalue weighted by Gasteiger charge is 2.16. The maximum atomic E-state index is 14.0. The molecule has 0 spiro atoms. The predicted molar refractivity (Wildman–Crippen MR) is 118 cm³/mol. The van der Waals surface area contributed by atoms with E-state index in [1.54, 1.807) is 42.5 Å². The van der Waals surface area contributed by atoms with Crippen molar-refractivity contribution < 1.29 is 23.8 Å². The topological polar surface area (TPSA) is 99.4 Å². The number of nitrogens with zero attached hydrogens (tertiary/aromatic N) is 1. The summed E-state index contributed by atoms with van der Waals surface area (Å²) >= 11 is 6.03. The second-order valence-electron chi connectivity index (χ2n) is 6.50. The first kappa shape index (κ1) is 22.5. The fraction of sp³-hybridized carbons (Fsp3) is 0.0417. The van der Waals surface area contributed by atoms with Crippen molar-refractivity contribution in [1.82, 2.24) is 0 Å². The molecular weight excluding hydrogens is 435 g/mol. The smallest absolute Gasteiger partial charge is 0.337 e. The molecule has 160 valence electrons. The van der Waals surface area contributed by atoms with E-state index in [-0.39, 0.29) is 34.0 Å². The first-order valence-corrected chi connectivity index (χ1v) is 9.68. The summed E-state index contributed by atoms with van der Waals surface area (Å²) in [5.41, 5.74) is 0.258. The number of carboxylic acids is 1. The fourth-order valence-electron chi connectivity index (χ4n) is 2.82. The van der Waals surface area contributed by atoms with Crippen LogP contribution in [0.3, 0.4) is 0 Å². The Kier molecular flexibility index (Phi) is 7.21. The van der Waals surface area contributed by atoms with Gasteiger partial charge < -0.3 is 15.2 Å². The Bertz CT molecular complexity index is 1230. The third kappa shape index (κ3) is 5.31. The van der Waals surface area contributed by atoms with Gasteiger partial charge in [-0.25, -0.2) is 9.18 Å². The van der Waals surface area contributed by atoms with Gasteiger partial charge in [-0.3, -0.25) is 4.79 Å². The number of anilines is 1. The van der Waals surface area contributed by atoms with Crippen molar-refractivity contribution in [3.8, 4) is 11.8 Å². The molecule has 0 saturated heterocycles. The first-order valence-electron chi connectivity index (χ1n) is 9.31. The first-order chi connectivity index (χ1) is 15.4. The summed E-state index contributed by atoms with van der Waals surface area (Å²) in [4.78, 5) is 23.9. The van der Waals surface area contributed by atoms with Crippen LogP contribution in [-0.2, 0) is 11.4 Å². The zero-order chi connectivity index (χ0) is 23.1. The molecule has 6 nitrogen and oxygen atoms in total. The molecule has 0 saturated carbocycles. The molecule has 0 aliphatic rings. The van der Waals surface area contributed by atoms with E-state index in [0.717, 1.165) is 0 Å². The van der Waals surface area contributed by atoms with E-state index in [9.17, 15) is 24.3 Å². The summed E-state index contributed by atoms with van der Waals surface area (Å²) in [6, 6.07) is 18.5. The van der Waals surface area contributed by atoms with Crippen LogP contribution in [0.1, 0.15) is 21.5 Å². The number of carbonyl (C=O) groups is 2. The van der Waals surface area contributed by atoms with Gasteiger partial charge in [-0.15, -0.1) is 0 Å². The van der Waals surface area contributed by atoms with E-state index in [1.165, 1.54) is 36.4 Å². The highest BCUT2D eigenvalue weighted by atomic mass is 35.5. The minimum atomic E-state index is -1.21. The minimum Gasteiger partial charge on any atom is -0.488 e. The average Bonchev–Trinajstić information content (AvgIpc) is 2.78. The Morgan fingerprint density at radius 2 is 1.81 bits per heavy atom. The van der Waals surface area contributed by atoms with Crippen LogP contribution < -0.4 is 10.1 Å². The number of nitriles is 1. The standard InChI is InChI=1S/C24H16ClFN2O4/c25-19-8-5-9-20(26)18(19)14-32-22-11-4-1-6-15(22)12-16(13-27)23(29)28-21-10-3-2-7-17(21)24(30)31/h1-12H,14H2,(H,28,29)(H,30,31). The lowest BCUT2D eigenvalue weighted by molar-refractivity contribution is -0.112. The summed E-state index contributed by atoms with van der Waals surface area (Å²) in [6.45, 7) is -0.156.